The zero-order valence-electron chi connectivity index (χ0n) is 22.2. The highest BCUT2D eigenvalue weighted by molar-refractivity contribution is 9.10. The number of hydrogen-bond acceptors (Lipinski definition) is 8. The molecule has 0 radical (unpaired) electrons. The van der Waals surface area contributed by atoms with Crippen LogP contribution < -0.4 is 20.1 Å². The van der Waals surface area contributed by atoms with Crippen molar-refractivity contribution in [3.8, 4) is 17.2 Å². The minimum atomic E-state index is -0.250. The largest absolute Gasteiger partial charge is 0.493 e. The van der Waals surface area contributed by atoms with Crippen LogP contribution in [0.25, 0.3) is 11.0 Å². The first-order chi connectivity index (χ1) is 18.9. The quantitative estimate of drug-likeness (QED) is 0.289. The van der Waals surface area contributed by atoms with Crippen LogP contribution in [0.15, 0.2) is 53.1 Å². The number of aryl methyl sites for hydroxylation is 2. The van der Waals surface area contributed by atoms with Crippen LogP contribution in [0, 0.1) is 6.92 Å². The number of carbonyl (C=O) groups is 1. The van der Waals surface area contributed by atoms with E-state index in [0.29, 0.717) is 29.7 Å². The number of morpholine rings is 1. The van der Waals surface area contributed by atoms with Crippen LogP contribution in [0.1, 0.15) is 16.1 Å². The molecular formula is C28H31BrN6O4. The van der Waals surface area contributed by atoms with E-state index < -0.39 is 0 Å². The van der Waals surface area contributed by atoms with Crippen LogP contribution in [0.3, 0.4) is 0 Å². The summed E-state index contributed by atoms with van der Waals surface area (Å²) >= 11 is 3.54. The van der Waals surface area contributed by atoms with E-state index in [1.54, 1.807) is 25.4 Å². The van der Waals surface area contributed by atoms with Gasteiger partial charge in [-0.2, -0.15) is 0 Å². The van der Waals surface area contributed by atoms with Crippen LogP contribution in [0.5, 0.6) is 17.2 Å². The van der Waals surface area contributed by atoms with E-state index in [1.165, 1.54) is 0 Å². The summed E-state index contributed by atoms with van der Waals surface area (Å²) in [5.41, 5.74) is 3.96. The Hall–Kier alpha value is -3.67. The standard InChI is InChI=1S/C28H31BrN6O4/c1-18-14-19(4-5-21(18)29)32-28-33-22-16-26(25(37-3)17-24(22)34(28)2)39-20-6-7-30-23(15-20)27(36)31-8-9-35-10-12-38-13-11-35/h4-7,14-17H,8-13H2,1-3H3,(H,31,36)(H,32,33). The van der Waals surface area contributed by atoms with Crippen molar-refractivity contribution in [2.75, 3.05) is 51.8 Å². The lowest BCUT2D eigenvalue weighted by molar-refractivity contribution is 0.0383. The number of pyridine rings is 1. The Bertz CT molecular complexity index is 1480. The third kappa shape index (κ3) is 6.32. The average molecular weight is 595 g/mol. The lowest BCUT2D eigenvalue weighted by Crippen LogP contribution is -2.41. The van der Waals surface area contributed by atoms with E-state index >= 15 is 0 Å². The van der Waals surface area contributed by atoms with E-state index in [1.807, 2.05) is 42.8 Å². The van der Waals surface area contributed by atoms with E-state index in [9.17, 15) is 4.79 Å². The smallest absolute Gasteiger partial charge is 0.270 e. The van der Waals surface area contributed by atoms with Gasteiger partial charge in [0.2, 0.25) is 5.95 Å². The molecule has 2 aromatic carbocycles. The summed E-state index contributed by atoms with van der Waals surface area (Å²) in [5, 5.41) is 6.31. The van der Waals surface area contributed by atoms with E-state index in [4.69, 9.17) is 19.2 Å². The first kappa shape index (κ1) is 26.9. The minimum Gasteiger partial charge on any atom is -0.493 e. The number of nitrogens with zero attached hydrogens (tertiary/aromatic N) is 4. The van der Waals surface area contributed by atoms with Crippen LogP contribution in [0.2, 0.25) is 0 Å². The lowest BCUT2D eigenvalue weighted by atomic mass is 10.2. The molecule has 0 aliphatic carbocycles. The van der Waals surface area contributed by atoms with Crippen molar-refractivity contribution >= 4 is 44.5 Å². The van der Waals surface area contributed by atoms with Gasteiger partial charge in [0, 0.05) is 67.8 Å². The number of ether oxygens (including phenoxy) is 3. The highest BCUT2D eigenvalue weighted by atomic mass is 79.9. The topological polar surface area (TPSA) is 103 Å². The summed E-state index contributed by atoms with van der Waals surface area (Å²) < 4.78 is 20.2. The maximum atomic E-state index is 12.7. The fourth-order valence-corrected chi connectivity index (χ4v) is 4.62. The highest BCUT2D eigenvalue weighted by Crippen LogP contribution is 2.36. The number of nitrogens with one attached hydrogen (secondary N) is 2. The third-order valence-corrected chi connectivity index (χ3v) is 7.48. The zero-order chi connectivity index (χ0) is 27.4. The summed E-state index contributed by atoms with van der Waals surface area (Å²) in [6.45, 7) is 6.55. The molecule has 4 aromatic rings. The number of hydrogen-bond donors (Lipinski definition) is 2. The second-order valence-electron chi connectivity index (χ2n) is 9.26. The Kier molecular flexibility index (Phi) is 8.30. The molecule has 10 nitrogen and oxygen atoms in total. The van der Waals surface area contributed by atoms with Gasteiger partial charge in [0.15, 0.2) is 11.5 Å². The van der Waals surface area contributed by atoms with Crippen molar-refractivity contribution in [2.45, 2.75) is 6.92 Å². The van der Waals surface area contributed by atoms with Gasteiger partial charge in [-0.15, -0.1) is 0 Å². The molecule has 39 heavy (non-hydrogen) atoms. The summed E-state index contributed by atoms with van der Waals surface area (Å²) in [6.07, 6.45) is 1.56. The van der Waals surface area contributed by atoms with Crippen LogP contribution in [-0.4, -0.2) is 71.8 Å². The summed E-state index contributed by atoms with van der Waals surface area (Å²) in [6, 6.07) is 13.1. The Morgan fingerprint density at radius 1 is 1.13 bits per heavy atom. The van der Waals surface area contributed by atoms with Crippen LogP contribution >= 0.6 is 15.9 Å². The minimum absolute atomic E-state index is 0.250. The Morgan fingerprint density at radius 3 is 2.72 bits per heavy atom. The van der Waals surface area contributed by atoms with Crippen molar-refractivity contribution in [3.05, 3.63) is 64.4 Å². The van der Waals surface area contributed by atoms with Crippen molar-refractivity contribution in [3.63, 3.8) is 0 Å². The fourth-order valence-electron chi connectivity index (χ4n) is 4.37. The predicted molar refractivity (Wildman–Crippen MR) is 153 cm³/mol. The van der Waals surface area contributed by atoms with Crippen molar-refractivity contribution < 1.29 is 19.0 Å². The van der Waals surface area contributed by atoms with Gasteiger partial charge in [-0.1, -0.05) is 15.9 Å². The molecule has 2 N–H and O–H groups in total. The number of rotatable bonds is 9. The summed E-state index contributed by atoms with van der Waals surface area (Å²) in [5.74, 6) is 1.94. The molecule has 2 aromatic heterocycles. The van der Waals surface area contributed by atoms with E-state index in [-0.39, 0.29) is 11.6 Å². The Labute approximate surface area is 235 Å². The third-order valence-electron chi connectivity index (χ3n) is 6.59. The number of benzene rings is 2. The van der Waals surface area contributed by atoms with E-state index in [0.717, 1.165) is 59.6 Å². The van der Waals surface area contributed by atoms with Crippen molar-refractivity contribution in [2.24, 2.45) is 7.05 Å². The molecule has 1 saturated heterocycles. The maximum absolute atomic E-state index is 12.7. The first-order valence-electron chi connectivity index (χ1n) is 12.7. The molecule has 0 atom stereocenters. The first-order valence-corrected chi connectivity index (χ1v) is 13.5. The molecular weight excluding hydrogens is 564 g/mol. The molecule has 0 bridgehead atoms. The van der Waals surface area contributed by atoms with E-state index in [2.05, 4.69) is 42.5 Å². The van der Waals surface area contributed by atoms with Gasteiger partial charge >= 0.3 is 0 Å². The van der Waals surface area contributed by atoms with Gasteiger partial charge in [-0.25, -0.2) is 4.98 Å². The van der Waals surface area contributed by atoms with Crippen LogP contribution in [-0.2, 0) is 11.8 Å². The average Bonchev–Trinajstić information content (AvgIpc) is 3.24. The highest BCUT2D eigenvalue weighted by Gasteiger charge is 2.16. The number of imidazole rings is 1. The molecule has 0 saturated carbocycles. The van der Waals surface area contributed by atoms with Gasteiger partial charge in [-0.05, 0) is 36.8 Å². The number of amides is 1. The molecule has 0 unspecified atom stereocenters. The molecule has 1 fully saturated rings. The molecule has 204 valence electrons. The molecule has 1 amide bonds. The molecule has 11 heteroatoms. The van der Waals surface area contributed by atoms with Gasteiger partial charge in [0.1, 0.15) is 11.4 Å². The van der Waals surface area contributed by atoms with Gasteiger partial charge in [0.25, 0.3) is 5.91 Å². The van der Waals surface area contributed by atoms with Gasteiger partial charge < -0.3 is 29.4 Å². The molecule has 3 heterocycles. The number of halogens is 1. The predicted octanol–water partition coefficient (Wildman–Crippen LogP) is 4.65. The summed E-state index contributed by atoms with van der Waals surface area (Å²) in [7, 11) is 3.53. The summed E-state index contributed by atoms with van der Waals surface area (Å²) in [4.78, 5) is 24.0. The van der Waals surface area contributed by atoms with Crippen molar-refractivity contribution in [1.29, 1.82) is 0 Å². The molecule has 1 aliphatic heterocycles. The fraction of sp³-hybridized carbons (Fsp3) is 0.321. The van der Waals surface area contributed by atoms with Crippen molar-refractivity contribution in [1.82, 2.24) is 24.8 Å². The van der Waals surface area contributed by atoms with Gasteiger partial charge in [-0.3, -0.25) is 14.7 Å². The molecule has 0 spiro atoms. The molecule has 5 rings (SSSR count). The van der Waals surface area contributed by atoms with Gasteiger partial charge in [0.05, 0.1) is 31.4 Å². The Morgan fingerprint density at radius 2 is 1.95 bits per heavy atom. The SMILES string of the molecule is COc1cc2c(cc1Oc1ccnc(C(=O)NCCN3CCOCC3)c1)nc(Nc1ccc(Br)c(C)c1)n2C. The Balaban J connectivity index is 1.31. The monoisotopic (exact) mass is 594 g/mol. The number of aromatic nitrogens is 3. The number of carbonyl (C=O) groups excluding carboxylic acids is 1. The van der Waals surface area contributed by atoms with Crippen LogP contribution in [0.4, 0.5) is 11.6 Å². The second kappa shape index (κ2) is 12.0. The zero-order valence-corrected chi connectivity index (χ0v) is 23.7. The lowest BCUT2D eigenvalue weighted by Gasteiger charge is -2.26. The number of anilines is 2. The number of fused-ring (bicyclic) bond motifs is 1. The second-order valence-corrected chi connectivity index (χ2v) is 10.1. The number of methoxy groups -OCH3 is 1. The normalized spacial score (nSPS) is 13.8. The maximum Gasteiger partial charge on any atom is 0.270 e. The molecule has 1 aliphatic rings.